The quantitative estimate of drug-likeness (QED) is 0.502. The molecular formula is C20H15F2N5O3. The van der Waals surface area contributed by atoms with Gasteiger partial charge in [-0.1, -0.05) is 12.1 Å². The number of rotatable bonds is 6. The topological polar surface area (TPSA) is 106 Å². The third-order valence-corrected chi connectivity index (χ3v) is 4.25. The minimum Gasteiger partial charge on any atom is -0.444 e. The first kappa shape index (κ1) is 19.4. The van der Waals surface area contributed by atoms with E-state index in [9.17, 15) is 13.6 Å². The lowest BCUT2D eigenvalue weighted by Gasteiger charge is -2.02. The van der Waals surface area contributed by atoms with E-state index in [1.165, 1.54) is 10.9 Å². The summed E-state index contributed by atoms with van der Waals surface area (Å²) in [4.78, 5) is 20.5. The fourth-order valence-corrected chi connectivity index (χ4v) is 2.72. The summed E-state index contributed by atoms with van der Waals surface area (Å²) in [6.07, 6.45) is 2.64. The van der Waals surface area contributed by atoms with Gasteiger partial charge >= 0.3 is 0 Å². The molecule has 1 amide bonds. The summed E-state index contributed by atoms with van der Waals surface area (Å²) in [6, 6.07) is 9.86. The van der Waals surface area contributed by atoms with Crippen molar-refractivity contribution < 1.29 is 23.1 Å². The fourth-order valence-electron chi connectivity index (χ4n) is 2.72. The van der Waals surface area contributed by atoms with Crippen LogP contribution in [0.3, 0.4) is 0 Å². The molecule has 0 aliphatic rings. The first-order chi connectivity index (χ1) is 14.5. The number of aromatic nitrogens is 4. The van der Waals surface area contributed by atoms with E-state index in [1.54, 1.807) is 48.8 Å². The summed E-state index contributed by atoms with van der Waals surface area (Å²) in [5, 5.41) is 15.4. The van der Waals surface area contributed by atoms with Crippen molar-refractivity contribution in [3.63, 3.8) is 0 Å². The Hall–Kier alpha value is -3.92. The molecule has 0 atom stereocenters. The predicted molar refractivity (Wildman–Crippen MR) is 102 cm³/mol. The maximum atomic E-state index is 13.5. The molecule has 3 heterocycles. The Bertz CT molecular complexity index is 1160. The lowest BCUT2D eigenvalue weighted by atomic mass is 10.2. The smallest absolute Gasteiger partial charge is 0.284 e. The molecule has 30 heavy (non-hydrogen) atoms. The zero-order chi connectivity index (χ0) is 21.1. The predicted octanol–water partition coefficient (Wildman–Crippen LogP) is 3.60. The van der Waals surface area contributed by atoms with Crippen molar-refractivity contribution in [3.05, 3.63) is 78.2 Å². The summed E-state index contributed by atoms with van der Waals surface area (Å²) < 4.78 is 33.4. The van der Waals surface area contributed by atoms with Gasteiger partial charge in [-0.15, -0.1) is 0 Å². The number of carbonyl (C=O) groups excluding carboxylic acids is 1. The number of benzene rings is 1. The number of carbonyl (C=O) groups is 1. The molecule has 0 saturated carbocycles. The van der Waals surface area contributed by atoms with E-state index >= 15 is 0 Å². The number of halogens is 2. The lowest BCUT2D eigenvalue weighted by molar-refractivity contribution is 0.102. The molecule has 0 saturated heterocycles. The third kappa shape index (κ3) is 3.94. The summed E-state index contributed by atoms with van der Waals surface area (Å²) >= 11 is 0. The van der Waals surface area contributed by atoms with Crippen molar-refractivity contribution in [2.75, 3.05) is 5.32 Å². The van der Waals surface area contributed by atoms with E-state index < -0.39 is 18.0 Å². The fraction of sp³-hybridized carbons (Fsp3) is 0.100. The third-order valence-electron chi connectivity index (χ3n) is 4.25. The monoisotopic (exact) mass is 411 g/mol. The maximum absolute atomic E-state index is 13.5. The van der Waals surface area contributed by atoms with Crippen LogP contribution in [-0.4, -0.2) is 30.8 Å². The van der Waals surface area contributed by atoms with Crippen LogP contribution in [0.25, 0.3) is 17.1 Å². The normalized spacial score (nSPS) is 11.1. The highest BCUT2D eigenvalue weighted by Crippen LogP contribution is 2.28. The number of nitrogens with one attached hydrogen (secondary N) is 1. The Morgan fingerprint density at radius 3 is 2.57 bits per heavy atom. The number of aliphatic hydroxyl groups is 1. The van der Waals surface area contributed by atoms with E-state index in [-0.39, 0.29) is 23.9 Å². The van der Waals surface area contributed by atoms with Crippen LogP contribution in [0.4, 0.5) is 14.5 Å². The van der Waals surface area contributed by atoms with Crippen molar-refractivity contribution in [2.45, 2.75) is 13.0 Å². The molecule has 0 aliphatic heterocycles. The molecule has 0 bridgehead atoms. The van der Waals surface area contributed by atoms with E-state index in [1.807, 2.05) is 0 Å². The van der Waals surface area contributed by atoms with Crippen molar-refractivity contribution in [3.8, 4) is 17.1 Å². The van der Waals surface area contributed by atoms with E-state index in [0.29, 0.717) is 16.8 Å². The van der Waals surface area contributed by atoms with Gasteiger partial charge in [-0.25, -0.2) is 18.4 Å². The first-order valence-corrected chi connectivity index (χ1v) is 8.80. The summed E-state index contributed by atoms with van der Waals surface area (Å²) in [5.41, 5.74) is 1.00. The van der Waals surface area contributed by atoms with Gasteiger partial charge < -0.3 is 14.8 Å². The number of pyridine rings is 1. The molecule has 0 spiro atoms. The molecular weight excluding hydrogens is 396 g/mol. The molecule has 0 aliphatic carbocycles. The molecule has 152 valence electrons. The number of alkyl halides is 2. The van der Waals surface area contributed by atoms with E-state index in [0.717, 1.165) is 6.26 Å². The summed E-state index contributed by atoms with van der Waals surface area (Å²) in [6.45, 7) is -0.137. The van der Waals surface area contributed by atoms with Crippen LogP contribution in [0.15, 0.2) is 65.7 Å². The molecule has 0 radical (unpaired) electrons. The van der Waals surface area contributed by atoms with Gasteiger partial charge in [-0.05, 0) is 29.8 Å². The van der Waals surface area contributed by atoms with Gasteiger partial charge in [-0.2, -0.15) is 5.10 Å². The van der Waals surface area contributed by atoms with Crippen LogP contribution in [0.1, 0.15) is 28.2 Å². The van der Waals surface area contributed by atoms with Crippen LogP contribution < -0.4 is 5.32 Å². The zero-order valence-electron chi connectivity index (χ0n) is 15.4. The van der Waals surface area contributed by atoms with Crippen LogP contribution in [0.5, 0.6) is 0 Å². The Morgan fingerprint density at radius 2 is 1.90 bits per heavy atom. The Labute approximate surface area is 168 Å². The minimum atomic E-state index is -2.90. The molecule has 2 N–H and O–H groups in total. The SMILES string of the molecule is O=C(Nc1cn(-c2ccc(CO)cc2)nc1C(F)F)c1coc(-c2ccncc2)n1. The van der Waals surface area contributed by atoms with Gasteiger partial charge in [0, 0.05) is 18.0 Å². The van der Waals surface area contributed by atoms with E-state index in [4.69, 9.17) is 9.52 Å². The van der Waals surface area contributed by atoms with Gasteiger partial charge in [0.2, 0.25) is 5.89 Å². The van der Waals surface area contributed by atoms with Crippen LogP contribution >= 0.6 is 0 Å². The number of anilines is 1. The largest absolute Gasteiger partial charge is 0.444 e. The maximum Gasteiger partial charge on any atom is 0.284 e. The highest BCUT2D eigenvalue weighted by atomic mass is 19.3. The number of hydrogen-bond acceptors (Lipinski definition) is 6. The van der Waals surface area contributed by atoms with E-state index in [2.05, 4.69) is 20.4 Å². The number of hydrogen-bond donors (Lipinski definition) is 2. The van der Waals surface area contributed by atoms with Crippen molar-refractivity contribution >= 4 is 11.6 Å². The summed E-state index contributed by atoms with van der Waals surface area (Å²) in [7, 11) is 0. The molecule has 3 aromatic heterocycles. The second-order valence-electron chi connectivity index (χ2n) is 6.23. The highest BCUT2D eigenvalue weighted by molar-refractivity contribution is 6.03. The lowest BCUT2D eigenvalue weighted by Crippen LogP contribution is -2.13. The second kappa shape index (κ2) is 8.21. The molecule has 8 nitrogen and oxygen atoms in total. The Morgan fingerprint density at radius 1 is 1.17 bits per heavy atom. The molecule has 0 fully saturated rings. The molecule has 4 aromatic rings. The van der Waals surface area contributed by atoms with Crippen molar-refractivity contribution in [1.29, 1.82) is 0 Å². The van der Waals surface area contributed by atoms with Crippen molar-refractivity contribution in [1.82, 2.24) is 19.7 Å². The van der Waals surface area contributed by atoms with Gasteiger partial charge in [-0.3, -0.25) is 9.78 Å². The van der Waals surface area contributed by atoms with Gasteiger partial charge in [0.1, 0.15) is 6.26 Å². The average molecular weight is 411 g/mol. The molecule has 4 rings (SSSR count). The summed E-state index contributed by atoms with van der Waals surface area (Å²) in [5.74, 6) is -0.507. The molecule has 1 aromatic carbocycles. The van der Waals surface area contributed by atoms with Crippen LogP contribution in [0, 0.1) is 0 Å². The van der Waals surface area contributed by atoms with Gasteiger partial charge in [0.05, 0.1) is 24.2 Å². The number of oxazole rings is 1. The average Bonchev–Trinajstić information content (AvgIpc) is 3.42. The second-order valence-corrected chi connectivity index (χ2v) is 6.23. The van der Waals surface area contributed by atoms with Gasteiger partial charge in [0.15, 0.2) is 11.4 Å². The first-order valence-electron chi connectivity index (χ1n) is 8.80. The van der Waals surface area contributed by atoms with Crippen molar-refractivity contribution in [2.24, 2.45) is 0 Å². The zero-order valence-corrected chi connectivity index (χ0v) is 15.4. The van der Waals surface area contributed by atoms with Gasteiger partial charge in [0.25, 0.3) is 12.3 Å². The standard InChI is InChI=1S/C20H15F2N5O3/c21-18(22)17-15(9-27(26-17)14-3-1-12(10-28)2-4-14)24-19(29)16-11-30-20(25-16)13-5-7-23-8-6-13/h1-9,11,18,28H,10H2,(H,24,29). The van der Waals surface area contributed by atoms with Crippen LogP contribution in [-0.2, 0) is 6.61 Å². The number of aliphatic hydroxyl groups excluding tert-OH is 1. The highest BCUT2D eigenvalue weighted by Gasteiger charge is 2.22. The number of nitrogens with zero attached hydrogens (tertiary/aromatic N) is 4. The van der Waals surface area contributed by atoms with Crippen LogP contribution in [0.2, 0.25) is 0 Å². The number of amides is 1. The minimum absolute atomic E-state index is 0.0675. The molecule has 10 heteroatoms. The Balaban J connectivity index is 1.58. The Kier molecular flexibility index (Phi) is 5.31. The molecule has 0 unspecified atom stereocenters.